The molecule has 3 nitrogen and oxygen atoms in total. The first-order valence-electron chi connectivity index (χ1n) is 9.15. The predicted octanol–water partition coefficient (Wildman–Crippen LogP) is 6.88. The Kier molecular flexibility index (Phi) is 8.13. The van der Waals surface area contributed by atoms with Gasteiger partial charge in [-0.25, -0.2) is 13.6 Å². The van der Waals surface area contributed by atoms with Crippen LogP contribution in [0, 0.1) is 0 Å². The largest absolute Gasteiger partial charge is 0.462 e. The van der Waals surface area contributed by atoms with Gasteiger partial charge in [0.05, 0.1) is 17.7 Å². The maximum absolute atomic E-state index is 14.5. The SMILES string of the molecule is CCCCOC(=O)c1ccc(OC(C)=C(C(C)(F)C(F)(F)F)C(C)(F)C(F)(F)F)cc1. The highest BCUT2D eigenvalue weighted by molar-refractivity contribution is 5.89. The molecule has 0 N–H and O–H groups in total. The van der Waals surface area contributed by atoms with Gasteiger partial charge in [0.15, 0.2) is 0 Å². The fourth-order valence-electron chi connectivity index (χ4n) is 2.66. The summed E-state index contributed by atoms with van der Waals surface area (Å²) in [7, 11) is 0. The standard InChI is InChI=1S/C20H22F8O3/c1-5-6-11-30-16(29)13-7-9-14(10-8-13)31-12(2)15(17(3,21)19(23,24)25)18(4,22)20(26,27)28/h7-10H,5-6,11H2,1-4H3. The first-order chi connectivity index (χ1) is 14.0. The van der Waals surface area contributed by atoms with E-state index < -0.39 is 41.0 Å². The van der Waals surface area contributed by atoms with Crippen molar-refractivity contribution in [3.63, 3.8) is 0 Å². The summed E-state index contributed by atoms with van der Waals surface area (Å²) in [6, 6.07) is 4.38. The highest BCUT2D eigenvalue weighted by Crippen LogP contribution is 2.51. The van der Waals surface area contributed by atoms with E-state index >= 15 is 0 Å². The minimum absolute atomic E-state index is 0.0431. The molecule has 0 aliphatic rings. The first-order valence-corrected chi connectivity index (χ1v) is 9.15. The van der Waals surface area contributed by atoms with E-state index in [1.54, 1.807) is 0 Å². The topological polar surface area (TPSA) is 35.5 Å². The van der Waals surface area contributed by atoms with Crippen LogP contribution in [0.15, 0.2) is 35.6 Å². The third kappa shape index (κ3) is 6.10. The average Bonchev–Trinajstić information content (AvgIpc) is 2.60. The Hall–Kier alpha value is -2.33. The summed E-state index contributed by atoms with van der Waals surface area (Å²) in [4.78, 5) is 11.8. The van der Waals surface area contributed by atoms with Crippen LogP contribution in [0.4, 0.5) is 35.1 Å². The molecule has 0 heterocycles. The lowest BCUT2D eigenvalue weighted by atomic mass is 9.83. The lowest BCUT2D eigenvalue weighted by Gasteiger charge is -2.36. The Balaban J connectivity index is 3.32. The van der Waals surface area contributed by atoms with E-state index in [0.29, 0.717) is 13.3 Å². The highest BCUT2D eigenvalue weighted by Gasteiger charge is 2.67. The molecular weight excluding hydrogens is 440 g/mol. The molecule has 2 atom stereocenters. The molecule has 1 aromatic rings. The molecule has 0 aliphatic carbocycles. The van der Waals surface area contributed by atoms with Crippen LogP contribution in [0.25, 0.3) is 0 Å². The van der Waals surface area contributed by atoms with Gasteiger partial charge in [-0.3, -0.25) is 0 Å². The zero-order chi connectivity index (χ0) is 24.3. The number of rotatable bonds is 8. The van der Waals surface area contributed by atoms with Gasteiger partial charge < -0.3 is 9.47 Å². The zero-order valence-electron chi connectivity index (χ0n) is 17.2. The summed E-state index contributed by atoms with van der Waals surface area (Å²) in [5.74, 6) is -2.30. The van der Waals surface area contributed by atoms with Gasteiger partial charge in [-0.2, -0.15) is 26.3 Å². The van der Waals surface area contributed by atoms with Crippen LogP contribution in [-0.2, 0) is 4.74 Å². The Morgan fingerprint density at radius 3 is 1.71 bits per heavy atom. The molecule has 1 rings (SSSR count). The van der Waals surface area contributed by atoms with Crippen LogP contribution in [0.2, 0.25) is 0 Å². The van der Waals surface area contributed by atoms with Crippen LogP contribution in [-0.4, -0.2) is 36.3 Å². The van der Waals surface area contributed by atoms with Crippen LogP contribution in [0.5, 0.6) is 5.75 Å². The first kappa shape index (κ1) is 26.7. The number of alkyl halides is 8. The van der Waals surface area contributed by atoms with E-state index in [1.807, 2.05) is 6.92 Å². The van der Waals surface area contributed by atoms with Crippen molar-refractivity contribution < 1.29 is 49.4 Å². The third-order valence-electron chi connectivity index (χ3n) is 4.45. The molecule has 11 heteroatoms. The number of ether oxygens (including phenoxy) is 2. The van der Waals surface area contributed by atoms with Crippen LogP contribution in [0.1, 0.15) is 50.9 Å². The minimum atomic E-state index is -5.85. The minimum Gasteiger partial charge on any atom is -0.462 e. The molecule has 0 radical (unpaired) electrons. The maximum Gasteiger partial charge on any atom is 0.426 e. The zero-order valence-corrected chi connectivity index (χ0v) is 17.2. The Morgan fingerprint density at radius 1 is 0.871 bits per heavy atom. The average molecular weight is 462 g/mol. The van der Waals surface area contributed by atoms with Gasteiger partial charge >= 0.3 is 18.3 Å². The molecule has 0 saturated carbocycles. The van der Waals surface area contributed by atoms with Gasteiger partial charge in [0.25, 0.3) is 0 Å². The van der Waals surface area contributed by atoms with Gasteiger partial charge in [-0.15, -0.1) is 0 Å². The van der Waals surface area contributed by atoms with Gasteiger partial charge in [-0.05, 0) is 51.5 Å². The molecule has 2 unspecified atom stereocenters. The van der Waals surface area contributed by atoms with Crippen molar-refractivity contribution in [3.05, 3.63) is 41.2 Å². The van der Waals surface area contributed by atoms with E-state index in [0.717, 1.165) is 30.7 Å². The van der Waals surface area contributed by atoms with E-state index in [9.17, 15) is 39.9 Å². The molecule has 0 aromatic heterocycles. The quantitative estimate of drug-likeness (QED) is 0.183. The second kappa shape index (κ2) is 9.44. The van der Waals surface area contributed by atoms with Crippen molar-refractivity contribution in [1.29, 1.82) is 0 Å². The number of hydrogen-bond acceptors (Lipinski definition) is 3. The van der Waals surface area contributed by atoms with Crippen molar-refractivity contribution in [2.45, 2.75) is 64.2 Å². The lowest BCUT2D eigenvalue weighted by Crippen LogP contribution is -2.52. The summed E-state index contributed by atoms with van der Waals surface area (Å²) in [5, 5.41) is 0. The molecule has 0 amide bonds. The fourth-order valence-corrected chi connectivity index (χ4v) is 2.66. The van der Waals surface area contributed by atoms with Gasteiger partial charge in [0.1, 0.15) is 11.5 Å². The van der Waals surface area contributed by atoms with Gasteiger partial charge in [-0.1, -0.05) is 13.3 Å². The smallest absolute Gasteiger partial charge is 0.426 e. The Labute approximate surface area is 174 Å². The normalized spacial score (nSPS) is 16.1. The van der Waals surface area contributed by atoms with Crippen molar-refractivity contribution in [2.75, 3.05) is 6.61 Å². The molecule has 0 saturated heterocycles. The molecule has 0 aliphatic heterocycles. The summed E-state index contributed by atoms with van der Waals surface area (Å²) in [5.41, 5.74) is -11.6. The van der Waals surface area contributed by atoms with E-state index in [4.69, 9.17) is 9.47 Å². The number of hydrogen-bond donors (Lipinski definition) is 0. The van der Waals surface area contributed by atoms with E-state index in [2.05, 4.69) is 0 Å². The number of benzene rings is 1. The third-order valence-corrected chi connectivity index (χ3v) is 4.45. The molecular formula is C20H22F8O3. The Bertz CT molecular complexity index is 762. The van der Waals surface area contributed by atoms with Crippen LogP contribution < -0.4 is 4.74 Å². The summed E-state index contributed by atoms with van der Waals surface area (Å²) >= 11 is 0. The monoisotopic (exact) mass is 462 g/mol. The maximum atomic E-state index is 14.5. The molecule has 0 bridgehead atoms. The van der Waals surface area contributed by atoms with Crippen molar-refractivity contribution in [2.24, 2.45) is 0 Å². The summed E-state index contributed by atoms with van der Waals surface area (Å²) < 4.78 is 118. The summed E-state index contributed by atoms with van der Waals surface area (Å²) in [6.45, 7) is 2.21. The second-order valence-corrected chi connectivity index (χ2v) is 7.05. The van der Waals surface area contributed by atoms with E-state index in [-0.39, 0.29) is 31.8 Å². The Morgan fingerprint density at radius 2 is 1.32 bits per heavy atom. The van der Waals surface area contributed by atoms with Crippen LogP contribution >= 0.6 is 0 Å². The van der Waals surface area contributed by atoms with Crippen molar-refractivity contribution >= 4 is 5.97 Å². The number of unbranched alkanes of at least 4 members (excludes halogenated alkanes) is 1. The van der Waals surface area contributed by atoms with Gasteiger partial charge in [0, 0.05) is 0 Å². The molecule has 176 valence electrons. The molecule has 31 heavy (non-hydrogen) atoms. The fraction of sp³-hybridized carbons (Fsp3) is 0.550. The second-order valence-electron chi connectivity index (χ2n) is 7.05. The van der Waals surface area contributed by atoms with Crippen molar-refractivity contribution in [1.82, 2.24) is 0 Å². The number of esters is 1. The molecule has 0 spiro atoms. The van der Waals surface area contributed by atoms with Gasteiger partial charge in [0.2, 0.25) is 11.3 Å². The number of carbonyl (C=O) groups excluding carboxylic acids is 1. The van der Waals surface area contributed by atoms with Crippen LogP contribution in [0.3, 0.4) is 0 Å². The van der Waals surface area contributed by atoms with E-state index in [1.165, 1.54) is 0 Å². The number of halogens is 8. The lowest BCUT2D eigenvalue weighted by molar-refractivity contribution is -0.244. The predicted molar refractivity (Wildman–Crippen MR) is 96.1 cm³/mol. The number of allylic oxidation sites excluding steroid dienone is 2. The number of carbonyl (C=O) groups is 1. The molecule has 1 aromatic carbocycles. The molecule has 0 fully saturated rings. The van der Waals surface area contributed by atoms with Crippen molar-refractivity contribution in [3.8, 4) is 5.75 Å². The highest BCUT2D eigenvalue weighted by atomic mass is 19.4. The summed E-state index contributed by atoms with van der Waals surface area (Å²) in [6.07, 6.45) is -10.3.